The van der Waals surface area contributed by atoms with E-state index in [0.29, 0.717) is 10.6 Å². The standard InChI is InChI=1S/C16H23ClN2O2/c1-16(2)10-19(7-6-14(16)18)9-12-8-11(15(20)21-3)4-5-13(12)17/h4-5,8,14H,6-7,9-10,18H2,1-3H3. The maximum Gasteiger partial charge on any atom is 0.337 e. The van der Waals surface area contributed by atoms with Gasteiger partial charge in [0.2, 0.25) is 0 Å². The van der Waals surface area contributed by atoms with Crippen molar-refractivity contribution in [2.75, 3.05) is 20.2 Å². The van der Waals surface area contributed by atoms with E-state index in [1.54, 1.807) is 12.1 Å². The highest BCUT2D eigenvalue weighted by atomic mass is 35.5. The van der Waals surface area contributed by atoms with Crippen LogP contribution in [0.4, 0.5) is 0 Å². The molecule has 4 nitrogen and oxygen atoms in total. The van der Waals surface area contributed by atoms with Crippen molar-refractivity contribution in [2.24, 2.45) is 11.1 Å². The molecule has 1 aliphatic heterocycles. The van der Waals surface area contributed by atoms with Crippen LogP contribution in [-0.4, -0.2) is 37.1 Å². The zero-order valence-electron chi connectivity index (χ0n) is 12.9. The number of piperidine rings is 1. The van der Waals surface area contributed by atoms with E-state index in [9.17, 15) is 4.79 Å². The Bertz CT molecular complexity index is 531. The van der Waals surface area contributed by atoms with Crippen LogP contribution in [0.3, 0.4) is 0 Å². The van der Waals surface area contributed by atoms with E-state index < -0.39 is 0 Å². The average molecular weight is 311 g/mol. The summed E-state index contributed by atoms with van der Waals surface area (Å²) in [6.07, 6.45) is 0.974. The lowest BCUT2D eigenvalue weighted by Gasteiger charge is -2.42. The highest BCUT2D eigenvalue weighted by Gasteiger charge is 2.33. The molecule has 2 N–H and O–H groups in total. The zero-order chi connectivity index (χ0) is 15.6. The number of methoxy groups -OCH3 is 1. The fourth-order valence-corrected chi connectivity index (χ4v) is 2.98. The maximum atomic E-state index is 11.6. The monoisotopic (exact) mass is 310 g/mol. The van der Waals surface area contributed by atoms with Gasteiger partial charge >= 0.3 is 5.97 Å². The zero-order valence-corrected chi connectivity index (χ0v) is 13.6. The summed E-state index contributed by atoms with van der Waals surface area (Å²) in [5.74, 6) is -0.339. The molecule has 1 aliphatic rings. The predicted octanol–water partition coefficient (Wildman–Crippen LogP) is 2.69. The van der Waals surface area contributed by atoms with E-state index in [0.717, 1.165) is 31.6 Å². The summed E-state index contributed by atoms with van der Waals surface area (Å²) in [7, 11) is 1.38. The Hall–Kier alpha value is -1.10. The molecule has 1 aromatic rings. The van der Waals surface area contributed by atoms with E-state index in [4.69, 9.17) is 22.1 Å². The average Bonchev–Trinajstić information content (AvgIpc) is 2.44. The molecular weight excluding hydrogens is 288 g/mol. The van der Waals surface area contributed by atoms with Crippen molar-refractivity contribution >= 4 is 17.6 Å². The normalized spacial score (nSPS) is 22.0. The second-order valence-corrected chi connectivity index (χ2v) is 6.80. The SMILES string of the molecule is COC(=O)c1ccc(Cl)c(CN2CCC(N)C(C)(C)C2)c1. The van der Waals surface area contributed by atoms with Gasteiger partial charge in [-0.1, -0.05) is 25.4 Å². The number of ether oxygens (including phenoxy) is 1. The van der Waals surface area contributed by atoms with Gasteiger partial charge in [-0.05, 0) is 35.6 Å². The minimum Gasteiger partial charge on any atom is -0.465 e. The van der Waals surface area contributed by atoms with Crippen LogP contribution in [0.15, 0.2) is 18.2 Å². The second kappa shape index (κ2) is 6.34. The first kappa shape index (κ1) is 16.3. The van der Waals surface area contributed by atoms with Crippen LogP contribution in [0.25, 0.3) is 0 Å². The van der Waals surface area contributed by atoms with Gasteiger partial charge in [-0.3, -0.25) is 4.90 Å². The number of likely N-dealkylation sites (tertiary alicyclic amines) is 1. The quantitative estimate of drug-likeness (QED) is 0.872. The largest absolute Gasteiger partial charge is 0.465 e. The molecule has 1 unspecified atom stereocenters. The van der Waals surface area contributed by atoms with Crippen LogP contribution >= 0.6 is 11.6 Å². The van der Waals surface area contributed by atoms with Crippen molar-refractivity contribution in [1.29, 1.82) is 0 Å². The maximum absolute atomic E-state index is 11.6. The number of carbonyl (C=O) groups excluding carboxylic acids is 1. The summed E-state index contributed by atoms with van der Waals surface area (Å²) >= 11 is 6.26. The molecule has 0 spiro atoms. The minimum atomic E-state index is -0.339. The summed E-state index contributed by atoms with van der Waals surface area (Å²) in [6.45, 7) is 6.97. The molecule has 5 heteroatoms. The molecule has 0 bridgehead atoms. The van der Waals surface area contributed by atoms with Crippen molar-refractivity contribution in [1.82, 2.24) is 4.90 Å². The molecule has 1 aromatic carbocycles. The number of rotatable bonds is 3. The molecule has 0 radical (unpaired) electrons. The molecule has 21 heavy (non-hydrogen) atoms. The van der Waals surface area contributed by atoms with Gasteiger partial charge in [-0.15, -0.1) is 0 Å². The van der Waals surface area contributed by atoms with Gasteiger partial charge in [-0.2, -0.15) is 0 Å². The number of esters is 1. The van der Waals surface area contributed by atoms with Crippen molar-refractivity contribution in [3.63, 3.8) is 0 Å². The molecule has 1 heterocycles. The molecule has 0 amide bonds. The number of nitrogens with zero attached hydrogens (tertiary/aromatic N) is 1. The number of nitrogens with two attached hydrogens (primary N) is 1. The first-order valence-corrected chi connectivity index (χ1v) is 7.56. The summed E-state index contributed by atoms with van der Waals surface area (Å²) < 4.78 is 4.76. The van der Waals surface area contributed by atoms with Crippen LogP contribution in [0.1, 0.15) is 36.2 Å². The Morgan fingerprint density at radius 3 is 2.86 bits per heavy atom. The van der Waals surface area contributed by atoms with Crippen LogP contribution in [0.5, 0.6) is 0 Å². The van der Waals surface area contributed by atoms with Crippen LogP contribution in [0, 0.1) is 5.41 Å². The molecule has 2 rings (SSSR count). The first-order valence-electron chi connectivity index (χ1n) is 7.18. The van der Waals surface area contributed by atoms with Crippen molar-refractivity contribution in [2.45, 2.75) is 32.9 Å². The fourth-order valence-electron chi connectivity index (χ4n) is 2.80. The molecular formula is C16H23ClN2O2. The third kappa shape index (κ3) is 3.76. The van der Waals surface area contributed by atoms with Crippen LogP contribution in [-0.2, 0) is 11.3 Å². The molecule has 1 atom stereocenters. The van der Waals surface area contributed by atoms with Gasteiger partial charge in [0.15, 0.2) is 0 Å². The van der Waals surface area contributed by atoms with E-state index in [-0.39, 0.29) is 17.4 Å². The minimum absolute atomic E-state index is 0.0880. The fraction of sp³-hybridized carbons (Fsp3) is 0.562. The summed E-state index contributed by atoms with van der Waals surface area (Å²) in [6, 6.07) is 5.48. The predicted molar refractivity (Wildman–Crippen MR) is 84.4 cm³/mol. The molecule has 0 saturated carbocycles. The van der Waals surface area contributed by atoms with Crippen LogP contribution in [0.2, 0.25) is 5.02 Å². The summed E-state index contributed by atoms with van der Waals surface area (Å²) in [5.41, 5.74) is 7.74. The van der Waals surface area contributed by atoms with Crippen molar-refractivity contribution < 1.29 is 9.53 Å². The summed E-state index contributed by atoms with van der Waals surface area (Å²) in [4.78, 5) is 14.0. The topological polar surface area (TPSA) is 55.6 Å². The number of benzene rings is 1. The smallest absolute Gasteiger partial charge is 0.337 e. The third-order valence-electron chi connectivity index (χ3n) is 4.25. The third-order valence-corrected chi connectivity index (χ3v) is 4.62. The van der Waals surface area contributed by atoms with E-state index in [1.807, 2.05) is 6.07 Å². The van der Waals surface area contributed by atoms with E-state index in [2.05, 4.69) is 18.7 Å². The number of hydrogen-bond acceptors (Lipinski definition) is 4. The van der Waals surface area contributed by atoms with Gasteiger partial charge in [0.1, 0.15) is 0 Å². The van der Waals surface area contributed by atoms with Gasteiger partial charge < -0.3 is 10.5 Å². The number of hydrogen-bond donors (Lipinski definition) is 1. The van der Waals surface area contributed by atoms with Crippen molar-refractivity contribution in [3.05, 3.63) is 34.3 Å². The summed E-state index contributed by atoms with van der Waals surface area (Å²) in [5, 5.41) is 0.676. The Balaban J connectivity index is 2.14. The lowest BCUT2D eigenvalue weighted by Crippen LogP contribution is -2.52. The van der Waals surface area contributed by atoms with Gasteiger partial charge in [0, 0.05) is 30.7 Å². The molecule has 0 aliphatic carbocycles. The molecule has 1 saturated heterocycles. The van der Waals surface area contributed by atoms with E-state index >= 15 is 0 Å². The Labute approximate surface area is 131 Å². The second-order valence-electron chi connectivity index (χ2n) is 6.39. The Morgan fingerprint density at radius 1 is 1.52 bits per heavy atom. The Morgan fingerprint density at radius 2 is 2.24 bits per heavy atom. The van der Waals surface area contributed by atoms with E-state index in [1.165, 1.54) is 7.11 Å². The molecule has 1 fully saturated rings. The van der Waals surface area contributed by atoms with Gasteiger partial charge in [0.05, 0.1) is 12.7 Å². The highest BCUT2D eigenvalue weighted by Crippen LogP contribution is 2.29. The van der Waals surface area contributed by atoms with Gasteiger partial charge in [0.25, 0.3) is 0 Å². The molecule has 116 valence electrons. The van der Waals surface area contributed by atoms with Gasteiger partial charge in [-0.25, -0.2) is 4.79 Å². The Kier molecular flexibility index (Phi) is 4.91. The lowest BCUT2D eigenvalue weighted by molar-refractivity contribution is 0.0600. The number of carbonyl (C=O) groups is 1. The van der Waals surface area contributed by atoms with Crippen LogP contribution < -0.4 is 5.73 Å². The highest BCUT2D eigenvalue weighted by molar-refractivity contribution is 6.31. The first-order chi connectivity index (χ1) is 9.83. The van der Waals surface area contributed by atoms with Crippen molar-refractivity contribution in [3.8, 4) is 0 Å². The number of halogens is 1. The lowest BCUT2D eigenvalue weighted by atomic mass is 9.79. The molecule has 0 aromatic heterocycles.